The van der Waals surface area contributed by atoms with Gasteiger partial charge in [0.25, 0.3) is 5.56 Å². The van der Waals surface area contributed by atoms with Gasteiger partial charge in [0.1, 0.15) is 5.82 Å². The molecule has 5 nitrogen and oxygen atoms in total. The lowest BCUT2D eigenvalue weighted by Crippen LogP contribution is -2.31. The number of anilines is 1. The molecule has 1 aromatic carbocycles. The lowest BCUT2D eigenvalue weighted by atomic mass is 9.86. The van der Waals surface area contributed by atoms with Gasteiger partial charge in [-0.15, -0.1) is 6.42 Å². The standard InChI is InChI=1S/C17H12F3N3O2S/c1-2-7-26-16-22-14-13(15(25)23-16)11(8-12(24)21-14)9-3-5-10(6-4-9)17(18,19)20/h1,3-6,11H,7-8H2,(H2,21,22,23,24,25)/t11-/m1/s1. The van der Waals surface area contributed by atoms with Crippen LogP contribution in [0.15, 0.2) is 34.2 Å². The number of fused-ring (bicyclic) bond motifs is 1. The topological polar surface area (TPSA) is 74.8 Å². The van der Waals surface area contributed by atoms with Gasteiger partial charge < -0.3 is 10.3 Å². The molecule has 2 N–H and O–H groups in total. The zero-order valence-electron chi connectivity index (χ0n) is 13.2. The molecule has 1 atom stereocenters. The van der Waals surface area contributed by atoms with Gasteiger partial charge in [-0.25, -0.2) is 4.98 Å². The molecule has 0 bridgehead atoms. The van der Waals surface area contributed by atoms with E-state index in [2.05, 4.69) is 21.2 Å². The minimum absolute atomic E-state index is 0.0556. The van der Waals surface area contributed by atoms with Crippen molar-refractivity contribution in [2.45, 2.75) is 23.7 Å². The van der Waals surface area contributed by atoms with Crippen molar-refractivity contribution in [1.82, 2.24) is 9.97 Å². The van der Waals surface area contributed by atoms with E-state index in [9.17, 15) is 22.8 Å². The molecular weight excluding hydrogens is 367 g/mol. The first-order chi connectivity index (χ1) is 12.3. The van der Waals surface area contributed by atoms with Crippen molar-refractivity contribution in [3.8, 4) is 12.3 Å². The number of carbonyl (C=O) groups is 1. The Bertz CT molecular complexity index is 946. The summed E-state index contributed by atoms with van der Waals surface area (Å²) in [5, 5.41) is 2.80. The van der Waals surface area contributed by atoms with Crippen molar-refractivity contribution in [3.05, 3.63) is 51.3 Å². The molecule has 0 radical (unpaired) electrons. The van der Waals surface area contributed by atoms with Gasteiger partial charge in [0, 0.05) is 12.3 Å². The molecule has 0 fully saturated rings. The SMILES string of the molecule is C#CCSc1nc2c(c(=O)[nH]1)[C@@H](c1ccc(C(F)(F)F)cc1)CC(=O)N2. The first-order valence-corrected chi connectivity index (χ1v) is 8.45. The first-order valence-electron chi connectivity index (χ1n) is 7.47. The van der Waals surface area contributed by atoms with Crippen molar-refractivity contribution >= 4 is 23.5 Å². The number of amides is 1. The fraction of sp³-hybridized carbons (Fsp3) is 0.235. The molecule has 2 aromatic rings. The maximum Gasteiger partial charge on any atom is 0.416 e. The zero-order chi connectivity index (χ0) is 18.9. The molecule has 1 aliphatic heterocycles. The first kappa shape index (κ1) is 18.1. The molecule has 26 heavy (non-hydrogen) atoms. The van der Waals surface area contributed by atoms with Gasteiger partial charge in [-0.05, 0) is 17.7 Å². The Morgan fingerprint density at radius 2 is 1.96 bits per heavy atom. The number of thioether (sulfide) groups is 1. The number of H-pyrrole nitrogens is 1. The molecule has 134 valence electrons. The molecule has 0 saturated heterocycles. The van der Waals surface area contributed by atoms with Gasteiger partial charge in [0.05, 0.1) is 16.9 Å². The van der Waals surface area contributed by atoms with Gasteiger partial charge in [-0.2, -0.15) is 13.2 Å². The predicted molar refractivity (Wildman–Crippen MR) is 90.9 cm³/mol. The number of carbonyl (C=O) groups excluding carboxylic acids is 1. The number of benzene rings is 1. The fourth-order valence-electron chi connectivity index (χ4n) is 2.72. The molecule has 0 aliphatic carbocycles. The second kappa shape index (κ2) is 6.88. The number of aromatic nitrogens is 2. The third kappa shape index (κ3) is 3.60. The van der Waals surface area contributed by atoms with Crippen LogP contribution in [0.4, 0.5) is 19.0 Å². The number of nitrogens with zero attached hydrogens (tertiary/aromatic N) is 1. The number of aromatic amines is 1. The summed E-state index contributed by atoms with van der Waals surface area (Å²) in [5.74, 6) is 1.75. The second-order valence-corrected chi connectivity index (χ2v) is 6.51. The molecular formula is C17H12F3N3O2S. The molecule has 1 aromatic heterocycles. The quantitative estimate of drug-likeness (QED) is 0.488. The van der Waals surface area contributed by atoms with Crippen LogP contribution in [-0.4, -0.2) is 21.6 Å². The van der Waals surface area contributed by atoms with E-state index in [-0.39, 0.29) is 34.6 Å². The minimum Gasteiger partial charge on any atom is -0.310 e. The summed E-state index contributed by atoms with van der Waals surface area (Å²) in [6.07, 6.45) is 0.663. The van der Waals surface area contributed by atoms with Gasteiger partial charge in [-0.1, -0.05) is 29.8 Å². The summed E-state index contributed by atoms with van der Waals surface area (Å²) in [6.45, 7) is 0. The summed E-state index contributed by atoms with van der Waals surface area (Å²) in [4.78, 5) is 31.2. The molecule has 9 heteroatoms. The Kier molecular flexibility index (Phi) is 4.78. The Hall–Kier alpha value is -2.73. The molecule has 1 amide bonds. The maximum absolute atomic E-state index is 12.7. The van der Waals surface area contributed by atoms with E-state index in [1.807, 2.05) is 0 Å². The van der Waals surface area contributed by atoms with Crippen LogP contribution in [0.1, 0.15) is 29.0 Å². The smallest absolute Gasteiger partial charge is 0.310 e. The molecule has 0 spiro atoms. The average molecular weight is 379 g/mol. The highest BCUT2D eigenvalue weighted by molar-refractivity contribution is 7.99. The number of terminal acetylenes is 1. The summed E-state index contributed by atoms with van der Waals surface area (Å²) in [5.41, 5.74) is -0.603. The third-order valence-electron chi connectivity index (χ3n) is 3.86. The van der Waals surface area contributed by atoms with Crippen molar-refractivity contribution < 1.29 is 18.0 Å². The Labute approximate surface area is 150 Å². The number of halogens is 3. The highest BCUT2D eigenvalue weighted by Crippen LogP contribution is 2.36. The normalized spacial score (nSPS) is 16.5. The number of hydrogen-bond acceptors (Lipinski definition) is 4. The maximum atomic E-state index is 12.7. The number of nitrogens with one attached hydrogen (secondary N) is 2. The van der Waals surface area contributed by atoms with E-state index in [1.54, 1.807) is 0 Å². The van der Waals surface area contributed by atoms with E-state index in [0.29, 0.717) is 5.56 Å². The molecule has 3 rings (SSSR count). The average Bonchev–Trinajstić information content (AvgIpc) is 2.58. The lowest BCUT2D eigenvalue weighted by molar-refractivity contribution is -0.137. The molecule has 0 saturated carbocycles. The summed E-state index contributed by atoms with van der Waals surface area (Å²) >= 11 is 1.13. The summed E-state index contributed by atoms with van der Waals surface area (Å²) in [7, 11) is 0. The lowest BCUT2D eigenvalue weighted by Gasteiger charge is -2.24. The molecule has 1 aliphatic rings. The van der Waals surface area contributed by atoms with E-state index in [0.717, 1.165) is 23.9 Å². The number of rotatable bonds is 3. The van der Waals surface area contributed by atoms with Crippen LogP contribution in [-0.2, 0) is 11.0 Å². The van der Waals surface area contributed by atoms with Crippen LogP contribution in [0, 0.1) is 12.3 Å². The van der Waals surface area contributed by atoms with Gasteiger partial charge in [-0.3, -0.25) is 9.59 Å². The van der Waals surface area contributed by atoms with E-state index in [4.69, 9.17) is 6.42 Å². The Morgan fingerprint density at radius 1 is 1.27 bits per heavy atom. The monoisotopic (exact) mass is 379 g/mol. The van der Waals surface area contributed by atoms with Crippen LogP contribution in [0.5, 0.6) is 0 Å². The van der Waals surface area contributed by atoms with Crippen molar-refractivity contribution in [1.29, 1.82) is 0 Å². The van der Waals surface area contributed by atoms with Gasteiger partial charge >= 0.3 is 6.18 Å². The number of alkyl halides is 3. The van der Waals surface area contributed by atoms with Crippen molar-refractivity contribution in [3.63, 3.8) is 0 Å². The van der Waals surface area contributed by atoms with Crippen LogP contribution >= 0.6 is 11.8 Å². The molecule has 2 heterocycles. The largest absolute Gasteiger partial charge is 0.416 e. The van der Waals surface area contributed by atoms with E-state index in [1.165, 1.54) is 12.1 Å². The van der Waals surface area contributed by atoms with Crippen LogP contribution < -0.4 is 10.9 Å². The van der Waals surface area contributed by atoms with Gasteiger partial charge in [0.2, 0.25) is 5.91 Å². The highest BCUT2D eigenvalue weighted by atomic mass is 32.2. The van der Waals surface area contributed by atoms with Crippen molar-refractivity contribution in [2.75, 3.05) is 11.1 Å². The second-order valence-electron chi connectivity index (χ2n) is 5.55. The fourth-order valence-corrected chi connectivity index (χ4v) is 3.26. The van der Waals surface area contributed by atoms with Crippen molar-refractivity contribution in [2.24, 2.45) is 0 Å². The van der Waals surface area contributed by atoms with E-state index < -0.39 is 23.2 Å². The van der Waals surface area contributed by atoms with Crippen LogP contribution in [0.2, 0.25) is 0 Å². The molecule has 0 unspecified atom stereocenters. The third-order valence-corrected chi connectivity index (χ3v) is 4.64. The van der Waals surface area contributed by atoms with Gasteiger partial charge in [0.15, 0.2) is 5.16 Å². The minimum atomic E-state index is -4.46. The van der Waals surface area contributed by atoms with E-state index >= 15 is 0 Å². The highest BCUT2D eigenvalue weighted by Gasteiger charge is 2.33. The zero-order valence-corrected chi connectivity index (χ0v) is 14.0. The van der Waals surface area contributed by atoms with Crippen LogP contribution in [0.25, 0.3) is 0 Å². The summed E-state index contributed by atoms with van der Waals surface area (Å²) in [6, 6.07) is 4.41. The predicted octanol–water partition coefficient (Wildman–Crippen LogP) is 2.99. The van der Waals surface area contributed by atoms with Crippen LogP contribution in [0.3, 0.4) is 0 Å². The Balaban J connectivity index is 2.02. The Morgan fingerprint density at radius 3 is 2.58 bits per heavy atom. The number of hydrogen-bond donors (Lipinski definition) is 2. The summed E-state index contributed by atoms with van der Waals surface area (Å²) < 4.78 is 38.2.